The summed E-state index contributed by atoms with van der Waals surface area (Å²) in [7, 11) is -4.50. The van der Waals surface area contributed by atoms with Gasteiger partial charge in [-0.05, 0) is 74.6 Å². The first-order valence-electron chi connectivity index (χ1n) is 15.2. The van der Waals surface area contributed by atoms with Gasteiger partial charge in [-0.2, -0.15) is 13.2 Å². The maximum absolute atomic E-state index is 14.3. The highest BCUT2D eigenvalue weighted by atomic mass is 32.2. The molecule has 4 rings (SSSR count). The predicted molar refractivity (Wildman–Crippen MR) is 168 cm³/mol. The third kappa shape index (κ3) is 8.45. The monoisotopic (exact) mass is 643 g/mol. The van der Waals surface area contributed by atoms with Gasteiger partial charge in [0.15, 0.2) is 0 Å². The Morgan fingerprint density at radius 2 is 1.60 bits per heavy atom. The fourth-order valence-corrected chi connectivity index (χ4v) is 7.04. The van der Waals surface area contributed by atoms with Crippen molar-refractivity contribution < 1.29 is 31.2 Å². The van der Waals surface area contributed by atoms with E-state index in [2.05, 4.69) is 5.32 Å². The van der Waals surface area contributed by atoms with E-state index in [1.54, 1.807) is 26.0 Å². The van der Waals surface area contributed by atoms with Gasteiger partial charge in [-0.25, -0.2) is 8.42 Å². The smallest absolute Gasteiger partial charge is 0.352 e. The molecular weight excluding hydrogens is 603 g/mol. The normalized spacial score (nSPS) is 14.9. The molecule has 2 amide bonds. The lowest BCUT2D eigenvalue weighted by Crippen LogP contribution is -2.54. The first-order valence-corrected chi connectivity index (χ1v) is 16.7. The second kappa shape index (κ2) is 14.5. The van der Waals surface area contributed by atoms with Gasteiger partial charge in [0.1, 0.15) is 12.6 Å². The highest BCUT2D eigenvalue weighted by Gasteiger charge is 2.36. The minimum Gasteiger partial charge on any atom is -0.352 e. The van der Waals surface area contributed by atoms with Crippen molar-refractivity contribution in [2.75, 3.05) is 10.8 Å². The van der Waals surface area contributed by atoms with E-state index in [9.17, 15) is 31.2 Å². The molecule has 0 heterocycles. The average Bonchev–Trinajstić information content (AvgIpc) is 3.01. The maximum Gasteiger partial charge on any atom is 0.416 e. The van der Waals surface area contributed by atoms with Crippen LogP contribution in [0.15, 0.2) is 77.7 Å². The van der Waals surface area contributed by atoms with Gasteiger partial charge >= 0.3 is 6.18 Å². The number of amides is 2. The van der Waals surface area contributed by atoms with Crippen molar-refractivity contribution in [3.63, 3.8) is 0 Å². The molecule has 1 aliphatic rings. The minimum atomic E-state index is -4.74. The number of halogens is 3. The molecule has 0 aliphatic heterocycles. The van der Waals surface area contributed by atoms with Crippen LogP contribution in [0.3, 0.4) is 0 Å². The number of aryl methyl sites for hydroxylation is 2. The summed E-state index contributed by atoms with van der Waals surface area (Å²) in [5.41, 5.74) is 1.07. The molecule has 1 fully saturated rings. The summed E-state index contributed by atoms with van der Waals surface area (Å²) in [6, 6.07) is 16.2. The molecule has 242 valence electrons. The fraction of sp³-hybridized carbons (Fsp3) is 0.412. The lowest BCUT2D eigenvalue weighted by Gasteiger charge is -2.35. The predicted octanol–water partition coefficient (Wildman–Crippen LogP) is 6.77. The lowest BCUT2D eigenvalue weighted by atomic mass is 9.95. The first kappa shape index (κ1) is 34.0. The molecule has 1 atom stereocenters. The van der Waals surface area contributed by atoms with Crippen molar-refractivity contribution >= 4 is 27.5 Å². The Morgan fingerprint density at radius 1 is 0.933 bits per heavy atom. The van der Waals surface area contributed by atoms with Crippen LogP contribution in [0.2, 0.25) is 0 Å². The van der Waals surface area contributed by atoms with E-state index in [1.807, 2.05) is 31.2 Å². The van der Waals surface area contributed by atoms with Crippen LogP contribution >= 0.6 is 0 Å². The molecular formula is C34H40F3N3O4S. The molecule has 0 radical (unpaired) electrons. The van der Waals surface area contributed by atoms with E-state index >= 15 is 0 Å². The Bertz CT molecular complexity index is 1590. The number of hydrogen-bond donors (Lipinski definition) is 1. The summed E-state index contributed by atoms with van der Waals surface area (Å²) in [6.07, 6.45) is 0.290. The van der Waals surface area contributed by atoms with Gasteiger partial charge in [0, 0.05) is 12.6 Å². The van der Waals surface area contributed by atoms with Crippen LogP contribution in [0.1, 0.15) is 67.7 Å². The van der Waals surface area contributed by atoms with Crippen molar-refractivity contribution in [1.29, 1.82) is 0 Å². The molecule has 11 heteroatoms. The largest absolute Gasteiger partial charge is 0.416 e. The molecule has 0 saturated heterocycles. The number of rotatable bonds is 11. The van der Waals surface area contributed by atoms with Gasteiger partial charge in [-0.3, -0.25) is 13.9 Å². The van der Waals surface area contributed by atoms with Crippen molar-refractivity contribution in [2.45, 2.75) is 89.0 Å². The number of carbonyl (C=O) groups excluding carboxylic acids is 2. The van der Waals surface area contributed by atoms with E-state index < -0.39 is 40.3 Å². The van der Waals surface area contributed by atoms with Gasteiger partial charge in [-0.1, -0.05) is 74.2 Å². The Balaban J connectivity index is 1.76. The standard InChI is InChI=1S/C34H40F3N3O4S/c1-4-31(33(42)38-28-14-6-5-7-15-28)39(22-26-12-9-8-11-25(26)3)32(41)23-40(29-16-10-13-27(21-29)34(35,36)37)45(43,44)30-19-17-24(2)18-20-30/h8-13,16-21,28,31H,4-7,14-15,22-23H2,1-3H3,(H,38,42)/t31-/m0/s1. The number of anilines is 1. The SMILES string of the molecule is CC[C@@H](C(=O)NC1CCCCC1)N(Cc1ccccc1C)C(=O)CN(c1cccc(C(F)(F)F)c1)S(=O)(=O)c1ccc(C)cc1. The Hall–Kier alpha value is -3.86. The molecule has 1 aliphatic carbocycles. The summed E-state index contributed by atoms with van der Waals surface area (Å²) in [5.74, 6) is -1.05. The topological polar surface area (TPSA) is 86.8 Å². The van der Waals surface area contributed by atoms with Crippen LogP contribution in [-0.2, 0) is 32.3 Å². The number of sulfonamides is 1. The molecule has 1 N–H and O–H groups in total. The van der Waals surface area contributed by atoms with Gasteiger partial charge < -0.3 is 10.2 Å². The fourth-order valence-electron chi connectivity index (χ4n) is 5.64. The second-order valence-corrected chi connectivity index (χ2v) is 13.5. The lowest BCUT2D eigenvalue weighted by molar-refractivity contribution is -0.140. The summed E-state index contributed by atoms with van der Waals surface area (Å²) in [4.78, 5) is 29.1. The molecule has 3 aromatic rings. The highest BCUT2D eigenvalue weighted by molar-refractivity contribution is 7.92. The number of nitrogens with one attached hydrogen (secondary N) is 1. The van der Waals surface area contributed by atoms with E-state index in [0.717, 1.165) is 67.0 Å². The Kier molecular flexibility index (Phi) is 11.0. The zero-order valence-electron chi connectivity index (χ0n) is 25.8. The van der Waals surface area contributed by atoms with E-state index in [0.29, 0.717) is 4.31 Å². The summed E-state index contributed by atoms with van der Waals surface area (Å²) in [6.45, 7) is 4.63. The molecule has 0 unspecified atom stereocenters. The van der Waals surface area contributed by atoms with Gasteiger partial charge in [0.05, 0.1) is 16.1 Å². The van der Waals surface area contributed by atoms with Crippen molar-refractivity contribution in [3.8, 4) is 0 Å². The van der Waals surface area contributed by atoms with Gasteiger partial charge in [-0.15, -0.1) is 0 Å². The molecule has 45 heavy (non-hydrogen) atoms. The Labute approximate surface area is 263 Å². The van der Waals surface area contributed by atoms with Crippen LogP contribution in [-0.4, -0.2) is 43.8 Å². The molecule has 0 spiro atoms. The number of nitrogens with zero attached hydrogens (tertiary/aromatic N) is 2. The zero-order chi connectivity index (χ0) is 32.8. The van der Waals surface area contributed by atoms with Crippen LogP contribution in [0.4, 0.5) is 18.9 Å². The Morgan fingerprint density at radius 3 is 2.22 bits per heavy atom. The van der Waals surface area contributed by atoms with Crippen LogP contribution in [0, 0.1) is 13.8 Å². The number of carbonyl (C=O) groups is 2. The van der Waals surface area contributed by atoms with Gasteiger partial charge in [0.25, 0.3) is 10.0 Å². The second-order valence-electron chi connectivity index (χ2n) is 11.6. The van der Waals surface area contributed by atoms with Crippen molar-refractivity contribution in [2.24, 2.45) is 0 Å². The van der Waals surface area contributed by atoms with E-state index in [4.69, 9.17) is 0 Å². The third-order valence-corrected chi connectivity index (χ3v) is 10.1. The zero-order valence-corrected chi connectivity index (χ0v) is 26.6. The van der Waals surface area contributed by atoms with Crippen LogP contribution in [0.5, 0.6) is 0 Å². The van der Waals surface area contributed by atoms with E-state index in [-0.39, 0.29) is 35.5 Å². The quantitative estimate of drug-likeness (QED) is 0.250. The van der Waals surface area contributed by atoms with E-state index in [1.165, 1.54) is 23.1 Å². The van der Waals surface area contributed by atoms with Gasteiger partial charge in [0.2, 0.25) is 11.8 Å². The third-order valence-electron chi connectivity index (χ3n) is 8.29. The highest BCUT2D eigenvalue weighted by Crippen LogP contribution is 2.33. The molecule has 3 aromatic carbocycles. The molecule has 7 nitrogen and oxygen atoms in total. The molecule has 0 aromatic heterocycles. The van der Waals surface area contributed by atoms with Crippen molar-refractivity contribution in [1.82, 2.24) is 10.2 Å². The molecule has 1 saturated carbocycles. The summed E-state index contributed by atoms with van der Waals surface area (Å²) < 4.78 is 69.8. The maximum atomic E-state index is 14.3. The minimum absolute atomic E-state index is 0.0146. The number of hydrogen-bond acceptors (Lipinski definition) is 4. The van der Waals surface area contributed by atoms with Crippen LogP contribution < -0.4 is 9.62 Å². The summed E-state index contributed by atoms with van der Waals surface area (Å²) in [5, 5.41) is 3.09. The first-order chi connectivity index (χ1) is 21.3. The van der Waals surface area contributed by atoms with Crippen LogP contribution in [0.25, 0.3) is 0 Å². The average molecular weight is 644 g/mol. The summed E-state index contributed by atoms with van der Waals surface area (Å²) >= 11 is 0. The molecule has 0 bridgehead atoms. The number of alkyl halides is 3. The van der Waals surface area contributed by atoms with Crippen molar-refractivity contribution in [3.05, 3.63) is 95.1 Å². The number of benzene rings is 3.